The zero-order valence-corrected chi connectivity index (χ0v) is 10.5. The molecule has 2 aliphatic rings. The van der Waals surface area contributed by atoms with Gasteiger partial charge in [-0.2, -0.15) is 0 Å². The maximum absolute atomic E-state index is 11.8. The Hall–Kier alpha value is -0.130. The molecule has 94 valence electrons. The molecule has 2 unspecified atom stereocenters. The maximum Gasteiger partial charge on any atom is 0.214 e. The highest BCUT2D eigenvalue weighted by atomic mass is 32.2. The molecule has 5 heteroatoms. The highest BCUT2D eigenvalue weighted by Crippen LogP contribution is 2.27. The minimum Gasteiger partial charge on any atom is -0.393 e. The predicted octanol–water partition coefficient (Wildman–Crippen LogP) is 0.963. The monoisotopic (exact) mass is 247 g/mol. The third-order valence-corrected chi connectivity index (χ3v) is 5.59. The molecule has 16 heavy (non-hydrogen) atoms. The van der Waals surface area contributed by atoms with Crippen LogP contribution in [-0.2, 0) is 10.0 Å². The van der Waals surface area contributed by atoms with Crippen LogP contribution >= 0.6 is 0 Å². The van der Waals surface area contributed by atoms with Crippen LogP contribution in [0.15, 0.2) is 0 Å². The molecule has 0 spiro atoms. The molecule has 0 radical (unpaired) electrons. The lowest BCUT2D eigenvalue weighted by Gasteiger charge is -2.33. The van der Waals surface area contributed by atoms with Gasteiger partial charge in [-0.25, -0.2) is 12.7 Å². The number of aliphatic hydroxyl groups excluding tert-OH is 1. The van der Waals surface area contributed by atoms with Crippen molar-refractivity contribution in [1.82, 2.24) is 4.31 Å². The summed E-state index contributed by atoms with van der Waals surface area (Å²) in [5.74, 6) is 0.666. The van der Waals surface area contributed by atoms with Gasteiger partial charge in [-0.1, -0.05) is 6.42 Å². The second-order valence-corrected chi connectivity index (χ2v) is 7.16. The van der Waals surface area contributed by atoms with Gasteiger partial charge in [-0.15, -0.1) is 0 Å². The summed E-state index contributed by atoms with van der Waals surface area (Å²) >= 11 is 0. The largest absolute Gasteiger partial charge is 0.393 e. The maximum atomic E-state index is 11.8. The van der Waals surface area contributed by atoms with Gasteiger partial charge in [0.05, 0.1) is 11.9 Å². The minimum atomic E-state index is -2.99. The van der Waals surface area contributed by atoms with Crippen LogP contribution in [0.4, 0.5) is 0 Å². The molecule has 0 bridgehead atoms. The van der Waals surface area contributed by atoms with E-state index in [9.17, 15) is 13.5 Å². The molecule has 0 aromatic heterocycles. The van der Waals surface area contributed by atoms with E-state index in [1.807, 2.05) is 0 Å². The Bertz CT molecular complexity index is 328. The van der Waals surface area contributed by atoms with Crippen LogP contribution in [0.5, 0.6) is 0 Å². The summed E-state index contributed by atoms with van der Waals surface area (Å²) in [4.78, 5) is 0. The Morgan fingerprint density at radius 1 is 1.19 bits per heavy atom. The fourth-order valence-electron chi connectivity index (χ4n) is 2.76. The second-order valence-electron chi connectivity index (χ2n) is 5.07. The molecule has 0 aromatic rings. The molecule has 2 fully saturated rings. The molecule has 1 aliphatic carbocycles. The van der Waals surface area contributed by atoms with E-state index in [0.717, 1.165) is 38.5 Å². The molecule has 0 amide bonds. The van der Waals surface area contributed by atoms with E-state index in [4.69, 9.17) is 0 Å². The van der Waals surface area contributed by atoms with Crippen LogP contribution in [0.2, 0.25) is 0 Å². The summed E-state index contributed by atoms with van der Waals surface area (Å²) in [5.41, 5.74) is 0. The van der Waals surface area contributed by atoms with Crippen molar-refractivity contribution in [3.05, 3.63) is 0 Å². The van der Waals surface area contributed by atoms with E-state index >= 15 is 0 Å². The number of aliphatic hydroxyl groups is 1. The van der Waals surface area contributed by atoms with Gasteiger partial charge >= 0.3 is 0 Å². The molecule has 4 nitrogen and oxygen atoms in total. The van der Waals surface area contributed by atoms with Gasteiger partial charge < -0.3 is 5.11 Å². The van der Waals surface area contributed by atoms with E-state index < -0.39 is 10.0 Å². The van der Waals surface area contributed by atoms with Gasteiger partial charge in [-0.05, 0) is 38.0 Å². The van der Waals surface area contributed by atoms with E-state index in [1.54, 1.807) is 4.31 Å². The molecule has 2 rings (SSSR count). The van der Waals surface area contributed by atoms with Gasteiger partial charge in [0.25, 0.3) is 0 Å². The Morgan fingerprint density at radius 3 is 2.69 bits per heavy atom. The van der Waals surface area contributed by atoms with Crippen LogP contribution in [0, 0.1) is 5.92 Å². The number of rotatable bonds is 2. The number of sulfonamides is 1. The number of hydrogen-bond acceptors (Lipinski definition) is 3. The smallest absolute Gasteiger partial charge is 0.214 e. The quantitative estimate of drug-likeness (QED) is 0.791. The second kappa shape index (κ2) is 5.02. The first-order valence-corrected chi connectivity index (χ1v) is 7.85. The van der Waals surface area contributed by atoms with Gasteiger partial charge in [0.1, 0.15) is 0 Å². The standard InChI is InChI=1S/C11H21NO3S/c13-11-5-3-4-10(8-11)9-12-6-1-2-7-16(12,14)15/h10-11,13H,1-9H2. The Labute approximate surface area is 97.7 Å². The highest BCUT2D eigenvalue weighted by molar-refractivity contribution is 7.89. The van der Waals surface area contributed by atoms with Gasteiger partial charge in [0, 0.05) is 13.1 Å². The average molecular weight is 247 g/mol. The third-order valence-electron chi connectivity index (χ3n) is 3.67. The zero-order chi connectivity index (χ0) is 11.6. The SMILES string of the molecule is O=S1(=O)CCCCN1CC1CCCC(O)C1. The normalized spacial score (nSPS) is 36.1. The van der Waals surface area contributed by atoms with Crippen LogP contribution in [0.1, 0.15) is 38.5 Å². The van der Waals surface area contributed by atoms with Crippen molar-refractivity contribution in [2.24, 2.45) is 5.92 Å². The van der Waals surface area contributed by atoms with Crippen molar-refractivity contribution in [3.8, 4) is 0 Å². The lowest BCUT2D eigenvalue weighted by atomic mass is 9.87. The first kappa shape index (κ1) is 12.3. The summed E-state index contributed by atoms with van der Waals surface area (Å²) in [7, 11) is -2.99. The topological polar surface area (TPSA) is 57.6 Å². The average Bonchev–Trinajstić information content (AvgIpc) is 2.21. The molecule has 1 saturated heterocycles. The summed E-state index contributed by atoms with van der Waals surface area (Å²) in [6, 6.07) is 0. The van der Waals surface area contributed by atoms with Crippen molar-refractivity contribution in [1.29, 1.82) is 0 Å². The number of hydrogen-bond donors (Lipinski definition) is 1. The molecule has 1 saturated carbocycles. The van der Waals surface area contributed by atoms with Gasteiger partial charge in [0.15, 0.2) is 0 Å². The molecule has 0 aromatic carbocycles. The van der Waals surface area contributed by atoms with Crippen molar-refractivity contribution in [2.75, 3.05) is 18.8 Å². The van der Waals surface area contributed by atoms with Crippen molar-refractivity contribution in [3.63, 3.8) is 0 Å². The van der Waals surface area contributed by atoms with E-state index in [2.05, 4.69) is 0 Å². The predicted molar refractivity (Wildman–Crippen MR) is 62.6 cm³/mol. The van der Waals surface area contributed by atoms with Crippen molar-refractivity contribution < 1.29 is 13.5 Å². The summed E-state index contributed by atoms with van der Waals surface area (Å²) < 4.78 is 25.2. The van der Waals surface area contributed by atoms with Gasteiger partial charge in [-0.3, -0.25) is 0 Å². The van der Waals surface area contributed by atoms with Crippen molar-refractivity contribution in [2.45, 2.75) is 44.6 Å². The molecule has 2 atom stereocenters. The molecular weight excluding hydrogens is 226 g/mol. The Morgan fingerprint density at radius 2 is 2.00 bits per heavy atom. The summed E-state index contributed by atoms with van der Waals surface area (Å²) in [5, 5.41) is 9.57. The lowest BCUT2D eigenvalue weighted by molar-refractivity contribution is 0.0934. The number of nitrogens with zero attached hydrogens (tertiary/aromatic N) is 1. The summed E-state index contributed by atoms with van der Waals surface area (Å²) in [6.07, 6.45) is 5.30. The first-order chi connectivity index (χ1) is 7.58. The zero-order valence-electron chi connectivity index (χ0n) is 9.64. The lowest BCUT2D eigenvalue weighted by Crippen LogP contribution is -2.42. The fourth-order valence-corrected chi connectivity index (χ4v) is 4.43. The molecule has 1 N–H and O–H groups in total. The van der Waals surface area contributed by atoms with Crippen LogP contribution in [0.3, 0.4) is 0 Å². The molecular formula is C11H21NO3S. The van der Waals surface area contributed by atoms with Crippen LogP contribution in [0.25, 0.3) is 0 Å². The Kier molecular flexibility index (Phi) is 3.87. The van der Waals surface area contributed by atoms with E-state index in [-0.39, 0.29) is 6.10 Å². The third kappa shape index (κ3) is 2.96. The molecule has 1 aliphatic heterocycles. The Balaban J connectivity index is 1.92. The minimum absolute atomic E-state index is 0.216. The van der Waals surface area contributed by atoms with E-state index in [0.29, 0.717) is 24.8 Å². The van der Waals surface area contributed by atoms with Crippen LogP contribution < -0.4 is 0 Å². The summed E-state index contributed by atoms with van der Waals surface area (Å²) in [6.45, 7) is 1.30. The van der Waals surface area contributed by atoms with Crippen molar-refractivity contribution >= 4 is 10.0 Å². The van der Waals surface area contributed by atoms with Gasteiger partial charge in [0.2, 0.25) is 10.0 Å². The molecule has 1 heterocycles. The fraction of sp³-hybridized carbons (Fsp3) is 1.00. The first-order valence-electron chi connectivity index (χ1n) is 6.24. The van der Waals surface area contributed by atoms with E-state index in [1.165, 1.54) is 0 Å². The van der Waals surface area contributed by atoms with Crippen LogP contribution in [-0.4, -0.2) is 42.8 Å². The highest BCUT2D eigenvalue weighted by Gasteiger charge is 2.30.